The SMILES string of the molecule is Cc1cc2c(c(C)c1N(c1ccc(C(=O)O)cc1)C(C)C)C(C)(C)CCC2(C)C. The molecule has 1 aliphatic rings. The fourth-order valence-corrected chi connectivity index (χ4v) is 5.08. The second-order valence-electron chi connectivity index (χ2n) is 10.2. The van der Waals surface area contributed by atoms with Gasteiger partial charge in [-0.25, -0.2) is 4.79 Å². The van der Waals surface area contributed by atoms with E-state index in [9.17, 15) is 9.90 Å². The molecule has 0 saturated carbocycles. The van der Waals surface area contributed by atoms with Gasteiger partial charge >= 0.3 is 5.97 Å². The Morgan fingerprint density at radius 1 is 1.00 bits per heavy atom. The zero-order chi connectivity index (χ0) is 21.7. The van der Waals surface area contributed by atoms with E-state index in [0.29, 0.717) is 5.56 Å². The van der Waals surface area contributed by atoms with E-state index in [1.807, 2.05) is 12.1 Å². The lowest BCUT2D eigenvalue weighted by Gasteiger charge is -2.45. The molecule has 3 heteroatoms. The van der Waals surface area contributed by atoms with Crippen LogP contribution < -0.4 is 4.90 Å². The van der Waals surface area contributed by atoms with Gasteiger partial charge in [-0.05, 0) is 97.9 Å². The second-order valence-corrected chi connectivity index (χ2v) is 10.2. The van der Waals surface area contributed by atoms with Crippen LogP contribution in [0.4, 0.5) is 11.4 Å². The number of carbonyl (C=O) groups is 1. The molecular formula is C26H35NO2. The van der Waals surface area contributed by atoms with E-state index in [-0.39, 0.29) is 16.9 Å². The van der Waals surface area contributed by atoms with Gasteiger partial charge in [-0.1, -0.05) is 33.8 Å². The predicted octanol–water partition coefficient (Wildman–Crippen LogP) is 6.90. The molecule has 1 aliphatic carbocycles. The van der Waals surface area contributed by atoms with E-state index in [1.54, 1.807) is 12.1 Å². The van der Waals surface area contributed by atoms with Crippen LogP contribution in [0.5, 0.6) is 0 Å². The molecular weight excluding hydrogens is 358 g/mol. The molecule has 0 radical (unpaired) electrons. The molecule has 2 aromatic rings. The van der Waals surface area contributed by atoms with Gasteiger partial charge in [0.2, 0.25) is 0 Å². The number of hydrogen-bond acceptors (Lipinski definition) is 2. The first-order valence-electron chi connectivity index (χ1n) is 10.6. The Morgan fingerprint density at radius 3 is 2.07 bits per heavy atom. The van der Waals surface area contributed by atoms with Crippen LogP contribution in [0.15, 0.2) is 30.3 Å². The third-order valence-electron chi connectivity index (χ3n) is 6.66. The molecule has 0 heterocycles. The minimum Gasteiger partial charge on any atom is -0.478 e. The number of hydrogen-bond donors (Lipinski definition) is 1. The molecule has 0 fully saturated rings. The Kier molecular flexibility index (Phi) is 5.31. The largest absolute Gasteiger partial charge is 0.478 e. The summed E-state index contributed by atoms with van der Waals surface area (Å²) in [6.07, 6.45) is 2.39. The van der Waals surface area contributed by atoms with E-state index in [2.05, 4.69) is 66.4 Å². The summed E-state index contributed by atoms with van der Waals surface area (Å²) in [5.74, 6) is -0.891. The van der Waals surface area contributed by atoms with Gasteiger partial charge in [-0.15, -0.1) is 0 Å². The van der Waals surface area contributed by atoms with Crippen LogP contribution in [0.3, 0.4) is 0 Å². The molecule has 0 bridgehead atoms. The second kappa shape index (κ2) is 7.19. The molecule has 0 aliphatic heterocycles. The Morgan fingerprint density at radius 2 is 1.55 bits per heavy atom. The van der Waals surface area contributed by atoms with Crippen molar-refractivity contribution >= 4 is 17.3 Å². The Labute approximate surface area is 175 Å². The third-order valence-corrected chi connectivity index (χ3v) is 6.66. The number of nitrogens with zero attached hydrogens (tertiary/aromatic N) is 1. The molecule has 3 rings (SSSR count). The zero-order valence-corrected chi connectivity index (χ0v) is 19.2. The molecule has 29 heavy (non-hydrogen) atoms. The normalized spacial score (nSPS) is 17.1. The maximum Gasteiger partial charge on any atom is 0.335 e. The van der Waals surface area contributed by atoms with Crippen molar-refractivity contribution in [1.82, 2.24) is 0 Å². The highest BCUT2D eigenvalue weighted by molar-refractivity contribution is 5.88. The highest BCUT2D eigenvalue weighted by Crippen LogP contribution is 2.50. The van der Waals surface area contributed by atoms with Crippen LogP contribution >= 0.6 is 0 Å². The van der Waals surface area contributed by atoms with Crippen molar-refractivity contribution in [3.05, 3.63) is 58.1 Å². The van der Waals surface area contributed by atoms with Crippen molar-refractivity contribution in [3.63, 3.8) is 0 Å². The minimum atomic E-state index is -0.891. The molecule has 0 amide bonds. The van der Waals surface area contributed by atoms with Crippen LogP contribution in [0.25, 0.3) is 0 Å². The molecule has 0 aromatic heterocycles. The number of aryl methyl sites for hydroxylation is 1. The maximum atomic E-state index is 11.3. The summed E-state index contributed by atoms with van der Waals surface area (Å²) < 4.78 is 0. The molecule has 0 unspecified atom stereocenters. The Hall–Kier alpha value is -2.29. The van der Waals surface area contributed by atoms with E-state index in [1.165, 1.54) is 40.8 Å². The van der Waals surface area contributed by atoms with E-state index in [4.69, 9.17) is 0 Å². The molecule has 156 valence electrons. The number of anilines is 2. The number of benzene rings is 2. The molecule has 1 N–H and O–H groups in total. The molecule has 2 aromatic carbocycles. The predicted molar refractivity (Wildman–Crippen MR) is 122 cm³/mol. The van der Waals surface area contributed by atoms with Crippen molar-refractivity contribution in [3.8, 4) is 0 Å². The number of aromatic carboxylic acids is 1. The lowest BCUT2D eigenvalue weighted by Crippen LogP contribution is -2.36. The van der Waals surface area contributed by atoms with Crippen LogP contribution in [0.2, 0.25) is 0 Å². The maximum absolute atomic E-state index is 11.3. The summed E-state index contributed by atoms with van der Waals surface area (Å²) >= 11 is 0. The first-order valence-corrected chi connectivity index (χ1v) is 10.6. The van der Waals surface area contributed by atoms with E-state index in [0.717, 1.165) is 5.69 Å². The Bertz CT molecular complexity index is 936. The first kappa shape index (κ1) is 21.4. The van der Waals surface area contributed by atoms with Gasteiger partial charge in [0, 0.05) is 17.4 Å². The average molecular weight is 394 g/mol. The number of carboxylic acid groups (broad SMARTS) is 1. The van der Waals surface area contributed by atoms with Gasteiger partial charge in [0.15, 0.2) is 0 Å². The summed E-state index contributed by atoms with van der Waals surface area (Å²) in [5, 5.41) is 9.25. The minimum absolute atomic E-state index is 0.146. The topological polar surface area (TPSA) is 40.5 Å². The highest BCUT2D eigenvalue weighted by atomic mass is 16.4. The van der Waals surface area contributed by atoms with Crippen LogP contribution in [-0.2, 0) is 10.8 Å². The quantitative estimate of drug-likeness (QED) is 0.614. The van der Waals surface area contributed by atoms with Gasteiger partial charge in [-0.3, -0.25) is 0 Å². The standard InChI is InChI=1S/C26H35NO2/c1-16(2)27(20-11-9-19(10-12-20)24(28)29)23-17(3)15-21-22(18(23)4)26(7,8)14-13-25(21,5)6/h9-12,15-16H,13-14H2,1-8H3,(H,28,29). The first-order chi connectivity index (χ1) is 13.4. The highest BCUT2D eigenvalue weighted by Gasteiger charge is 2.39. The number of rotatable bonds is 4. The zero-order valence-electron chi connectivity index (χ0n) is 19.2. The lowest BCUT2D eigenvalue weighted by molar-refractivity contribution is 0.0697. The molecule has 0 atom stereocenters. The van der Waals surface area contributed by atoms with Crippen LogP contribution in [0.1, 0.15) is 87.0 Å². The fourth-order valence-electron chi connectivity index (χ4n) is 5.08. The van der Waals surface area contributed by atoms with Crippen LogP contribution in [-0.4, -0.2) is 17.1 Å². The summed E-state index contributed by atoms with van der Waals surface area (Å²) in [4.78, 5) is 13.6. The Balaban J connectivity index is 2.24. The van der Waals surface area contributed by atoms with Crippen molar-refractivity contribution in [2.24, 2.45) is 0 Å². The number of carboxylic acids is 1. The van der Waals surface area contributed by atoms with Gasteiger partial charge < -0.3 is 10.0 Å². The van der Waals surface area contributed by atoms with Crippen molar-refractivity contribution in [2.75, 3.05) is 4.90 Å². The third kappa shape index (κ3) is 3.68. The summed E-state index contributed by atoms with van der Waals surface area (Å²) in [6.45, 7) is 18.3. The van der Waals surface area contributed by atoms with E-state index < -0.39 is 5.97 Å². The van der Waals surface area contributed by atoms with Gasteiger partial charge in [0.25, 0.3) is 0 Å². The smallest absolute Gasteiger partial charge is 0.335 e. The monoisotopic (exact) mass is 393 g/mol. The summed E-state index contributed by atoms with van der Waals surface area (Å²) in [5.41, 5.74) is 8.55. The van der Waals surface area contributed by atoms with Crippen molar-refractivity contribution in [2.45, 2.75) is 85.1 Å². The van der Waals surface area contributed by atoms with Gasteiger partial charge in [0.1, 0.15) is 0 Å². The average Bonchev–Trinajstić information content (AvgIpc) is 2.61. The van der Waals surface area contributed by atoms with Gasteiger partial charge in [0.05, 0.1) is 5.56 Å². The van der Waals surface area contributed by atoms with Gasteiger partial charge in [-0.2, -0.15) is 0 Å². The lowest BCUT2D eigenvalue weighted by atomic mass is 9.61. The molecule has 0 saturated heterocycles. The molecule has 3 nitrogen and oxygen atoms in total. The van der Waals surface area contributed by atoms with Crippen molar-refractivity contribution < 1.29 is 9.90 Å². The van der Waals surface area contributed by atoms with Crippen LogP contribution in [0, 0.1) is 13.8 Å². The fraction of sp³-hybridized carbons (Fsp3) is 0.500. The van der Waals surface area contributed by atoms with E-state index >= 15 is 0 Å². The number of fused-ring (bicyclic) bond motifs is 1. The molecule has 0 spiro atoms. The van der Waals surface area contributed by atoms with Crippen molar-refractivity contribution in [1.29, 1.82) is 0 Å². The summed E-state index contributed by atoms with van der Waals surface area (Å²) in [6, 6.07) is 9.90. The summed E-state index contributed by atoms with van der Waals surface area (Å²) in [7, 11) is 0.